The van der Waals surface area contributed by atoms with Gasteiger partial charge in [-0.2, -0.15) is 0 Å². The number of allylic oxidation sites excluding steroid dienone is 4. The molecule has 8 heteroatoms. The fourth-order valence-electron chi connectivity index (χ4n) is 5.84. The number of likely N-dealkylation sites (N-methyl/N-ethyl adjacent to an activating group) is 1. The Kier molecular flexibility index (Phi) is 43.1. The van der Waals surface area contributed by atoms with Gasteiger partial charge in [0.05, 0.1) is 34.4 Å². The average Bonchev–Trinajstić information content (AvgIpc) is 3.10. The van der Waals surface area contributed by atoms with Crippen LogP contribution in [0.15, 0.2) is 24.3 Å². The van der Waals surface area contributed by atoms with Crippen LogP contribution in [0.1, 0.15) is 194 Å². The first-order valence-corrected chi connectivity index (χ1v) is 22.8. The topological polar surface area (TPSA) is 84.9 Å². The summed E-state index contributed by atoms with van der Waals surface area (Å²) in [5.41, 5.74) is 0. The minimum atomic E-state index is -4.41. The summed E-state index contributed by atoms with van der Waals surface area (Å²) in [7, 11) is 1.01. The molecule has 0 amide bonds. The number of hydrogen-bond donors (Lipinski definition) is 0. The van der Waals surface area contributed by atoms with Gasteiger partial charge in [0.2, 0.25) is 10.4 Å². The van der Waals surface area contributed by atoms with Crippen molar-refractivity contribution in [2.45, 2.75) is 194 Å². The molecule has 0 aromatic rings. The lowest BCUT2D eigenvalue weighted by Crippen LogP contribution is -2.44. The van der Waals surface area contributed by atoms with Crippen LogP contribution >= 0.6 is 0 Å². The van der Waals surface area contributed by atoms with Crippen LogP contribution < -0.4 is 0 Å². The maximum absolute atomic E-state index is 9.22. The molecule has 0 aliphatic heterocycles. The number of ether oxygens (including phenoxy) is 2. The van der Waals surface area contributed by atoms with Crippen molar-refractivity contribution in [1.29, 1.82) is 0 Å². The minimum Gasteiger partial charge on any atom is -0.726 e. The van der Waals surface area contributed by atoms with E-state index >= 15 is 0 Å². The molecule has 0 saturated heterocycles. The largest absolute Gasteiger partial charge is 0.726 e. The second-order valence-electron chi connectivity index (χ2n) is 15.1. The number of unbranched alkanes of at least 4 members (excludes halogenated alkanes) is 24. The molecule has 0 aliphatic carbocycles. The summed E-state index contributed by atoms with van der Waals surface area (Å²) >= 11 is 0. The SMILES string of the molecule is CCCCCCCC/C=C/CCCCCCCCOCC[N+](C)(C)CCOCCCCCCCC/C=C/CCCCCCCC.COS(=O)(=O)[O-]. The number of nitrogens with zero attached hydrogens (tertiary/aromatic N) is 1. The molecule has 0 bridgehead atoms. The lowest BCUT2D eigenvalue weighted by Gasteiger charge is -2.29. The Hall–Kier alpha value is -0.770. The molecule has 0 saturated carbocycles. The number of rotatable bonds is 39. The van der Waals surface area contributed by atoms with Crippen molar-refractivity contribution in [2.75, 3.05) is 60.7 Å². The minimum absolute atomic E-state index is 0.808. The standard InChI is InChI=1S/C42H84NO2.CH4O4S/c1-5-7-9-11-13-15-17-19-21-23-25-27-29-31-33-35-39-44-41-37-43(3,4)38-42-45-40-36-34-32-30-28-26-24-22-20-18-16-14-12-10-8-6-2;1-5-6(2,3)4/h19-22H,5-18,23-42H2,1-4H3;1H3,(H,2,3,4)/q+1;/p-1/b21-19+,22-20+;. The molecule has 0 atom stereocenters. The highest BCUT2D eigenvalue weighted by Gasteiger charge is 2.14. The third-order valence-electron chi connectivity index (χ3n) is 9.49. The first-order chi connectivity index (χ1) is 24.7. The lowest BCUT2D eigenvalue weighted by molar-refractivity contribution is -0.891. The lowest BCUT2D eigenvalue weighted by atomic mass is 10.1. The van der Waals surface area contributed by atoms with Gasteiger partial charge in [-0.05, 0) is 64.2 Å². The Morgan fingerprint density at radius 3 is 0.980 bits per heavy atom. The van der Waals surface area contributed by atoms with Crippen LogP contribution in [0.2, 0.25) is 0 Å². The van der Waals surface area contributed by atoms with Crippen LogP contribution in [0.3, 0.4) is 0 Å². The van der Waals surface area contributed by atoms with Crippen LogP contribution in [-0.2, 0) is 24.1 Å². The van der Waals surface area contributed by atoms with E-state index in [-0.39, 0.29) is 0 Å². The molecule has 0 aromatic heterocycles. The van der Waals surface area contributed by atoms with Crippen LogP contribution in [0.4, 0.5) is 0 Å². The first kappa shape index (κ1) is 52.3. The Balaban J connectivity index is 0. The maximum Gasteiger partial charge on any atom is 0.217 e. The molecular formula is C43H87NO6S. The summed E-state index contributed by atoms with van der Waals surface area (Å²) in [4.78, 5) is 0. The van der Waals surface area contributed by atoms with Gasteiger partial charge >= 0.3 is 0 Å². The Morgan fingerprint density at radius 1 is 0.451 bits per heavy atom. The Morgan fingerprint density at radius 2 is 0.706 bits per heavy atom. The highest BCUT2D eigenvalue weighted by atomic mass is 32.3. The number of hydrogen-bond acceptors (Lipinski definition) is 6. The van der Waals surface area contributed by atoms with Gasteiger partial charge in [-0.3, -0.25) is 4.18 Å². The summed E-state index contributed by atoms with van der Waals surface area (Å²) < 4.78 is 43.9. The molecule has 0 aromatic carbocycles. The quantitative estimate of drug-likeness (QED) is 0.0205. The smallest absolute Gasteiger partial charge is 0.217 e. The van der Waals surface area contributed by atoms with E-state index in [1.807, 2.05) is 0 Å². The van der Waals surface area contributed by atoms with Gasteiger partial charge in [0.15, 0.2) is 0 Å². The van der Waals surface area contributed by atoms with Crippen molar-refractivity contribution in [2.24, 2.45) is 0 Å². The molecule has 306 valence electrons. The first-order valence-electron chi connectivity index (χ1n) is 21.5. The van der Waals surface area contributed by atoms with Gasteiger partial charge in [-0.15, -0.1) is 0 Å². The van der Waals surface area contributed by atoms with Crippen molar-refractivity contribution in [3.63, 3.8) is 0 Å². The summed E-state index contributed by atoms with van der Waals surface area (Å²) in [5, 5.41) is 0. The van der Waals surface area contributed by atoms with Crippen LogP contribution in [0.25, 0.3) is 0 Å². The second-order valence-corrected chi connectivity index (χ2v) is 16.2. The van der Waals surface area contributed by atoms with Gasteiger partial charge in [0.1, 0.15) is 13.1 Å². The molecule has 0 unspecified atom stereocenters. The third kappa shape index (κ3) is 51.4. The Labute approximate surface area is 319 Å². The van der Waals surface area contributed by atoms with E-state index in [4.69, 9.17) is 9.47 Å². The normalized spacial score (nSPS) is 12.3. The summed E-state index contributed by atoms with van der Waals surface area (Å²) in [6, 6.07) is 0. The average molecular weight is 746 g/mol. The van der Waals surface area contributed by atoms with Crippen molar-refractivity contribution in [3.8, 4) is 0 Å². The van der Waals surface area contributed by atoms with Crippen LogP contribution in [0, 0.1) is 0 Å². The molecule has 0 radical (unpaired) electrons. The predicted molar refractivity (Wildman–Crippen MR) is 219 cm³/mol. The van der Waals surface area contributed by atoms with E-state index in [2.05, 4.69) is 56.4 Å². The van der Waals surface area contributed by atoms with Gasteiger partial charge in [-0.1, -0.05) is 154 Å². The molecule has 7 nitrogen and oxygen atoms in total. The van der Waals surface area contributed by atoms with E-state index in [1.165, 1.54) is 180 Å². The van der Waals surface area contributed by atoms with Crippen molar-refractivity contribution in [1.82, 2.24) is 0 Å². The highest BCUT2D eigenvalue weighted by Crippen LogP contribution is 2.12. The van der Waals surface area contributed by atoms with Gasteiger partial charge < -0.3 is 18.5 Å². The highest BCUT2D eigenvalue weighted by molar-refractivity contribution is 7.80. The van der Waals surface area contributed by atoms with Gasteiger partial charge in [0, 0.05) is 13.2 Å². The van der Waals surface area contributed by atoms with E-state index in [0.717, 1.165) is 51.1 Å². The van der Waals surface area contributed by atoms with Crippen LogP contribution in [-0.4, -0.2) is 78.2 Å². The van der Waals surface area contributed by atoms with Gasteiger partial charge in [-0.25, -0.2) is 8.42 Å². The molecular weight excluding hydrogens is 659 g/mol. The molecule has 0 N–H and O–H groups in total. The monoisotopic (exact) mass is 746 g/mol. The number of quaternary nitrogens is 1. The molecule has 0 rings (SSSR count). The van der Waals surface area contributed by atoms with E-state index < -0.39 is 10.4 Å². The molecule has 0 spiro atoms. The zero-order valence-corrected chi connectivity index (χ0v) is 35.5. The Bertz CT molecular complexity index is 780. The zero-order chi connectivity index (χ0) is 38.0. The van der Waals surface area contributed by atoms with E-state index in [0.29, 0.717) is 0 Å². The van der Waals surface area contributed by atoms with Crippen molar-refractivity contribution < 1.29 is 31.1 Å². The summed E-state index contributed by atoms with van der Waals surface area (Å²) in [6.07, 6.45) is 47.7. The summed E-state index contributed by atoms with van der Waals surface area (Å²) in [6.45, 7) is 10.3. The second kappa shape index (κ2) is 42.0. The molecule has 51 heavy (non-hydrogen) atoms. The van der Waals surface area contributed by atoms with E-state index in [1.54, 1.807) is 0 Å². The summed E-state index contributed by atoms with van der Waals surface area (Å²) in [5.74, 6) is 0. The van der Waals surface area contributed by atoms with Crippen molar-refractivity contribution in [3.05, 3.63) is 24.3 Å². The molecule has 0 aliphatic rings. The fraction of sp³-hybridized carbons (Fsp3) is 0.907. The maximum atomic E-state index is 9.22. The van der Waals surface area contributed by atoms with Crippen LogP contribution in [0.5, 0.6) is 0 Å². The molecule has 0 fully saturated rings. The zero-order valence-electron chi connectivity index (χ0n) is 34.7. The predicted octanol–water partition coefficient (Wildman–Crippen LogP) is 12.3. The fourth-order valence-corrected chi connectivity index (χ4v) is 5.84. The van der Waals surface area contributed by atoms with E-state index in [9.17, 15) is 13.0 Å². The van der Waals surface area contributed by atoms with Gasteiger partial charge in [0.25, 0.3) is 0 Å². The molecule has 0 heterocycles. The van der Waals surface area contributed by atoms with Crippen molar-refractivity contribution >= 4 is 10.4 Å². The third-order valence-corrected chi connectivity index (χ3v) is 9.90.